The normalized spacial score (nSPS) is 12.5. The average molecular weight is 253 g/mol. The maximum atomic E-state index is 12.0. The number of hydrogen-bond donors (Lipinski definition) is 1. The molecule has 18 heavy (non-hydrogen) atoms. The lowest BCUT2D eigenvalue weighted by molar-refractivity contribution is -0.130. The molecule has 1 unspecified atom stereocenters. The van der Waals surface area contributed by atoms with E-state index in [0.29, 0.717) is 13.0 Å². The number of aryl methyl sites for hydroxylation is 2. The quantitative estimate of drug-likeness (QED) is 0.837. The number of aromatic nitrogens is 1. The van der Waals surface area contributed by atoms with Crippen LogP contribution < -0.4 is 5.32 Å². The molecule has 5 nitrogen and oxygen atoms in total. The molecule has 1 aromatic rings. The van der Waals surface area contributed by atoms with Crippen LogP contribution in [0.15, 0.2) is 4.52 Å². The third-order valence-corrected chi connectivity index (χ3v) is 3.04. The van der Waals surface area contributed by atoms with Gasteiger partial charge < -0.3 is 14.7 Å². The van der Waals surface area contributed by atoms with Crippen LogP contribution in [0.4, 0.5) is 0 Å². The first-order valence-electron chi connectivity index (χ1n) is 6.34. The predicted molar refractivity (Wildman–Crippen MR) is 70.2 cm³/mol. The molecule has 0 spiro atoms. The van der Waals surface area contributed by atoms with E-state index >= 15 is 0 Å². The first-order chi connectivity index (χ1) is 8.45. The minimum Gasteiger partial charge on any atom is -0.361 e. The van der Waals surface area contributed by atoms with Crippen molar-refractivity contribution in [2.75, 3.05) is 13.6 Å². The molecule has 5 heteroatoms. The number of rotatable bonds is 6. The van der Waals surface area contributed by atoms with Crippen molar-refractivity contribution < 1.29 is 9.32 Å². The maximum Gasteiger partial charge on any atom is 0.224 e. The number of nitrogens with one attached hydrogen (secondary N) is 1. The first-order valence-corrected chi connectivity index (χ1v) is 6.34. The second-order valence-electron chi connectivity index (χ2n) is 4.72. The van der Waals surface area contributed by atoms with E-state index < -0.39 is 0 Å². The van der Waals surface area contributed by atoms with Gasteiger partial charge in [0.1, 0.15) is 5.76 Å². The zero-order chi connectivity index (χ0) is 13.7. The summed E-state index contributed by atoms with van der Waals surface area (Å²) in [7, 11) is 1.81. The predicted octanol–water partition coefficient (Wildman–Crippen LogP) is 1.64. The molecule has 0 aromatic carbocycles. The Kier molecular flexibility index (Phi) is 5.34. The SMILES string of the molecule is CCNC(C)CC(=O)N(C)Cc1c(C)noc1C. The third-order valence-electron chi connectivity index (χ3n) is 3.04. The highest BCUT2D eigenvalue weighted by atomic mass is 16.5. The van der Waals surface area contributed by atoms with Gasteiger partial charge in [0.25, 0.3) is 0 Å². The van der Waals surface area contributed by atoms with Crippen LogP contribution in [0, 0.1) is 13.8 Å². The van der Waals surface area contributed by atoms with E-state index in [-0.39, 0.29) is 11.9 Å². The van der Waals surface area contributed by atoms with E-state index in [1.807, 2.05) is 34.7 Å². The second-order valence-corrected chi connectivity index (χ2v) is 4.72. The van der Waals surface area contributed by atoms with Crippen molar-refractivity contribution in [3.8, 4) is 0 Å². The summed E-state index contributed by atoms with van der Waals surface area (Å²) in [6.07, 6.45) is 0.508. The molecule has 1 rings (SSSR count). The van der Waals surface area contributed by atoms with Crippen LogP contribution >= 0.6 is 0 Å². The monoisotopic (exact) mass is 253 g/mol. The smallest absolute Gasteiger partial charge is 0.224 e. The average Bonchev–Trinajstić information content (AvgIpc) is 2.60. The standard InChI is InChI=1S/C13H23N3O2/c1-6-14-9(2)7-13(17)16(5)8-12-10(3)15-18-11(12)4/h9,14H,6-8H2,1-5H3. The molecule has 0 fully saturated rings. The van der Waals surface area contributed by atoms with Crippen molar-refractivity contribution in [3.63, 3.8) is 0 Å². The Morgan fingerprint density at radius 2 is 2.17 bits per heavy atom. The number of hydrogen-bond acceptors (Lipinski definition) is 4. The van der Waals surface area contributed by atoms with Crippen LogP contribution in [0.1, 0.15) is 37.3 Å². The van der Waals surface area contributed by atoms with Gasteiger partial charge in [-0.25, -0.2) is 0 Å². The van der Waals surface area contributed by atoms with Gasteiger partial charge in [0, 0.05) is 25.1 Å². The summed E-state index contributed by atoms with van der Waals surface area (Å²) < 4.78 is 5.10. The van der Waals surface area contributed by atoms with Crippen LogP contribution in [-0.2, 0) is 11.3 Å². The molecule has 0 aliphatic heterocycles. The zero-order valence-corrected chi connectivity index (χ0v) is 11.9. The fourth-order valence-corrected chi connectivity index (χ4v) is 1.89. The molecule has 1 amide bonds. The van der Waals surface area contributed by atoms with Gasteiger partial charge in [0.05, 0.1) is 12.2 Å². The molecule has 1 atom stereocenters. The fraction of sp³-hybridized carbons (Fsp3) is 0.692. The Balaban J connectivity index is 2.55. The lowest BCUT2D eigenvalue weighted by atomic mass is 10.1. The van der Waals surface area contributed by atoms with Gasteiger partial charge in [-0.2, -0.15) is 0 Å². The molecule has 102 valence electrons. The highest BCUT2D eigenvalue weighted by Crippen LogP contribution is 2.14. The third kappa shape index (κ3) is 3.84. The molecule has 1 N–H and O–H groups in total. The van der Waals surface area contributed by atoms with Crippen LogP contribution in [-0.4, -0.2) is 35.6 Å². The van der Waals surface area contributed by atoms with Crippen molar-refractivity contribution in [1.29, 1.82) is 0 Å². The molecule has 0 saturated carbocycles. The van der Waals surface area contributed by atoms with Crippen LogP contribution in [0.2, 0.25) is 0 Å². The largest absolute Gasteiger partial charge is 0.361 e. The molecule has 0 aliphatic rings. The highest BCUT2D eigenvalue weighted by Gasteiger charge is 2.16. The summed E-state index contributed by atoms with van der Waals surface area (Å²) in [4.78, 5) is 13.7. The Labute approximate surface area is 109 Å². The number of carbonyl (C=O) groups excluding carboxylic acids is 1. The van der Waals surface area contributed by atoms with Gasteiger partial charge in [-0.05, 0) is 27.3 Å². The van der Waals surface area contributed by atoms with Gasteiger partial charge in [-0.3, -0.25) is 4.79 Å². The van der Waals surface area contributed by atoms with E-state index in [0.717, 1.165) is 23.6 Å². The fourth-order valence-electron chi connectivity index (χ4n) is 1.89. The summed E-state index contributed by atoms with van der Waals surface area (Å²) in [6.45, 7) is 9.25. The van der Waals surface area contributed by atoms with Crippen molar-refractivity contribution in [2.45, 2.75) is 46.7 Å². The molecule has 1 aromatic heterocycles. The number of carbonyl (C=O) groups is 1. The van der Waals surface area contributed by atoms with Crippen molar-refractivity contribution in [1.82, 2.24) is 15.4 Å². The van der Waals surface area contributed by atoms with Crippen molar-refractivity contribution in [3.05, 3.63) is 17.0 Å². The van der Waals surface area contributed by atoms with E-state index in [2.05, 4.69) is 10.5 Å². The topological polar surface area (TPSA) is 58.4 Å². The molecular weight excluding hydrogens is 230 g/mol. The maximum absolute atomic E-state index is 12.0. The molecule has 1 heterocycles. The number of nitrogens with zero attached hydrogens (tertiary/aromatic N) is 2. The molecular formula is C13H23N3O2. The molecule has 0 radical (unpaired) electrons. The number of amides is 1. The van der Waals surface area contributed by atoms with E-state index in [1.165, 1.54) is 0 Å². The lowest BCUT2D eigenvalue weighted by Crippen LogP contribution is -2.34. The van der Waals surface area contributed by atoms with Gasteiger partial charge in [-0.15, -0.1) is 0 Å². The van der Waals surface area contributed by atoms with E-state index in [9.17, 15) is 4.79 Å². The van der Waals surface area contributed by atoms with E-state index in [4.69, 9.17) is 4.52 Å². The Morgan fingerprint density at radius 1 is 1.50 bits per heavy atom. The van der Waals surface area contributed by atoms with Crippen molar-refractivity contribution in [2.24, 2.45) is 0 Å². The minimum atomic E-state index is 0.128. The summed E-state index contributed by atoms with van der Waals surface area (Å²) in [5.74, 6) is 0.912. The Hall–Kier alpha value is -1.36. The molecule has 0 aliphatic carbocycles. The molecule has 0 saturated heterocycles. The van der Waals surface area contributed by atoms with Crippen molar-refractivity contribution >= 4 is 5.91 Å². The highest BCUT2D eigenvalue weighted by molar-refractivity contribution is 5.76. The summed E-state index contributed by atoms with van der Waals surface area (Å²) >= 11 is 0. The van der Waals surface area contributed by atoms with Crippen LogP contribution in [0.25, 0.3) is 0 Å². The lowest BCUT2D eigenvalue weighted by Gasteiger charge is -2.19. The first kappa shape index (κ1) is 14.7. The van der Waals surface area contributed by atoms with Gasteiger partial charge in [-0.1, -0.05) is 12.1 Å². The van der Waals surface area contributed by atoms with Crippen LogP contribution in [0.5, 0.6) is 0 Å². The summed E-state index contributed by atoms with van der Waals surface area (Å²) in [6, 6.07) is 0.203. The van der Waals surface area contributed by atoms with Gasteiger partial charge in [0.15, 0.2) is 0 Å². The minimum absolute atomic E-state index is 0.128. The Bertz CT molecular complexity index is 381. The van der Waals surface area contributed by atoms with Gasteiger partial charge >= 0.3 is 0 Å². The second kappa shape index (κ2) is 6.54. The molecule has 0 bridgehead atoms. The summed E-state index contributed by atoms with van der Waals surface area (Å²) in [5.41, 5.74) is 1.86. The van der Waals surface area contributed by atoms with Crippen LogP contribution in [0.3, 0.4) is 0 Å². The summed E-state index contributed by atoms with van der Waals surface area (Å²) in [5, 5.41) is 7.13. The zero-order valence-electron chi connectivity index (χ0n) is 11.9. The van der Waals surface area contributed by atoms with Gasteiger partial charge in [0.2, 0.25) is 5.91 Å². The van der Waals surface area contributed by atoms with E-state index in [1.54, 1.807) is 4.90 Å². The Morgan fingerprint density at radius 3 is 2.67 bits per heavy atom.